The van der Waals surface area contributed by atoms with Crippen LogP contribution in [0.3, 0.4) is 0 Å². The third kappa shape index (κ3) is 4.32. The standard InChI is InChI=1S/C10H17BrN4O/c1-2-3-5-16-6-4-13-10-8(11)9(12)14-7-15-10/h7H,2-6H2,1H3,(H3,12,13,14,15). The maximum Gasteiger partial charge on any atom is 0.146 e. The molecule has 0 atom stereocenters. The van der Waals surface area contributed by atoms with Crippen LogP contribution in [0.15, 0.2) is 10.8 Å². The van der Waals surface area contributed by atoms with Crippen molar-refractivity contribution in [2.24, 2.45) is 0 Å². The van der Waals surface area contributed by atoms with Crippen LogP contribution in [0.2, 0.25) is 0 Å². The van der Waals surface area contributed by atoms with Crippen LogP contribution in [0.25, 0.3) is 0 Å². The summed E-state index contributed by atoms with van der Waals surface area (Å²) in [6, 6.07) is 0. The van der Waals surface area contributed by atoms with Crippen molar-refractivity contribution < 1.29 is 4.74 Å². The van der Waals surface area contributed by atoms with Gasteiger partial charge < -0.3 is 15.8 Å². The first-order chi connectivity index (χ1) is 7.75. The Morgan fingerprint density at radius 2 is 2.25 bits per heavy atom. The first-order valence-corrected chi connectivity index (χ1v) is 6.12. The molecule has 6 heteroatoms. The third-order valence-electron chi connectivity index (χ3n) is 2.00. The molecule has 1 heterocycles. The van der Waals surface area contributed by atoms with Gasteiger partial charge in [0, 0.05) is 13.2 Å². The fraction of sp³-hybridized carbons (Fsp3) is 0.600. The van der Waals surface area contributed by atoms with Gasteiger partial charge >= 0.3 is 0 Å². The SMILES string of the molecule is CCCCOCCNc1ncnc(N)c1Br. The highest BCUT2D eigenvalue weighted by molar-refractivity contribution is 9.10. The van der Waals surface area contributed by atoms with Crippen molar-refractivity contribution in [2.45, 2.75) is 19.8 Å². The lowest BCUT2D eigenvalue weighted by atomic mass is 10.4. The zero-order valence-electron chi connectivity index (χ0n) is 9.37. The minimum atomic E-state index is 0.435. The molecule has 0 aliphatic carbocycles. The van der Waals surface area contributed by atoms with Crippen LogP contribution in [-0.4, -0.2) is 29.7 Å². The Kier molecular flexibility index (Phi) is 6.10. The van der Waals surface area contributed by atoms with Crippen LogP contribution < -0.4 is 11.1 Å². The number of anilines is 2. The Labute approximate surface area is 104 Å². The number of unbranched alkanes of at least 4 members (excludes halogenated alkanes) is 1. The molecule has 0 saturated carbocycles. The summed E-state index contributed by atoms with van der Waals surface area (Å²) < 4.78 is 6.11. The molecule has 0 unspecified atom stereocenters. The van der Waals surface area contributed by atoms with Crippen molar-refractivity contribution in [3.63, 3.8) is 0 Å². The molecule has 0 amide bonds. The van der Waals surface area contributed by atoms with Gasteiger partial charge in [-0.3, -0.25) is 0 Å². The first-order valence-electron chi connectivity index (χ1n) is 5.33. The predicted octanol–water partition coefficient (Wildman–Crippen LogP) is 2.05. The normalized spacial score (nSPS) is 10.4. The van der Waals surface area contributed by atoms with Crippen molar-refractivity contribution in [3.8, 4) is 0 Å². The van der Waals surface area contributed by atoms with E-state index in [1.807, 2.05) is 0 Å². The summed E-state index contributed by atoms with van der Waals surface area (Å²) in [4.78, 5) is 7.93. The molecule has 0 spiro atoms. The van der Waals surface area contributed by atoms with E-state index in [0.717, 1.165) is 19.4 Å². The van der Waals surface area contributed by atoms with Gasteiger partial charge in [-0.25, -0.2) is 9.97 Å². The van der Waals surface area contributed by atoms with Gasteiger partial charge in [0.1, 0.15) is 22.4 Å². The van der Waals surface area contributed by atoms with E-state index in [1.165, 1.54) is 6.33 Å². The fourth-order valence-corrected chi connectivity index (χ4v) is 1.44. The van der Waals surface area contributed by atoms with E-state index in [2.05, 4.69) is 38.1 Å². The minimum absolute atomic E-state index is 0.435. The molecule has 0 radical (unpaired) electrons. The molecule has 90 valence electrons. The van der Waals surface area contributed by atoms with Crippen molar-refractivity contribution in [3.05, 3.63) is 10.8 Å². The van der Waals surface area contributed by atoms with Gasteiger partial charge in [-0.15, -0.1) is 0 Å². The second kappa shape index (κ2) is 7.40. The zero-order valence-corrected chi connectivity index (χ0v) is 11.0. The van der Waals surface area contributed by atoms with Gasteiger partial charge in [-0.2, -0.15) is 0 Å². The molecule has 0 fully saturated rings. The topological polar surface area (TPSA) is 73.1 Å². The van der Waals surface area contributed by atoms with Gasteiger partial charge in [-0.1, -0.05) is 13.3 Å². The zero-order chi connectivity index (χ0) is 11.8. The van der Waals surface area contributed by atoms with Crippen LogP contribution in [0.5, 0.6) is 0 Å². The van der Waals surface area contributed by atoms with E-state index >= 15 is 0 Å². The van der Waals surface area contributed by atoms with Crippen molar-refractivity contribution in [2.75, 3.05) is 30.8 Å². The molecular formula is C10H17BrN4O. The maximum absolute atomic E-state index is 5.62. The van der Waals surface area contributed by atoms with Crippen LogP contribution in [0, 0.1) is 0 Å². The van der Waals surface area contributed by atoms with Crippen LogP contribution >= 0.6 is 15.9 Å². The summed E-state index contributed by atoms with van der Waals surface area (Å²) in [6.45, 7) is 4.32. The molecular weight excluding hydrogens is 272 g/mol. The molecule has 1 rings (SSSR count). The van der Waals surface area contributed by atoms with Gasteiger partial charge in [0.2, 0.25) is 0 Å². The Morgan fingerprint density at radius 3 is 3.00 bits per heavy atom. The first kappa shape index (κ1) is 13.2. The monoisotopic (exact) mass is 288 g/mol. The molecule has 0 aliphatic heterocycles. The number of halogens is 1. The Hall–Kier alpha value is -0.880. The van der Waals surface area contributed by atoms with Gasteiger partial charge in [0.05, 0.1) is 6.61 Å². The lowest BCUT2D eigenvalue weighted by Gasteiger charge is -2.08. The average Bonchev–Trinajstić information content (AvgIpc) is 2.29. The van der Waals surface area contributed by atoms with E-state index in [-0.39, 0.29) is 0 Å². The van der Waals surface area contributed by atoms with Crippen molar-refractivity contribution in [1.82, 2.24) is 9.97 Å². The molecule has 0 bridgehead atoms. The second-order valence-electron chi connectivity index (χ2n) is 3.31. The summed E-state index contributed by atoms with van der Waals surface area (Å²) in [7, 11) is 0. The van der Waals surface area contributed by atoms with E-state index in [4.69, 9.17) is 10.5 Å². The number of nitrogens with zero attached hydrogens (tertiary/aromatic N) is 2. The molecule has 1 aromatic rings. The average molecular weight is 289 g/mol. The Morgan fingerprint density at radius 1 is 1.44 bits per heavy atom. The van der Waals surface area contributed by atoms with Crippen LogP contribution in [-0.2, 0) is 4.74 Å². The van der Waals surface area contributed by atoms with E-state index in [1.54, 1.807) is 0 Å². The molecule has 16 heavy (non-hydrogen) atoms. The number of nitrogen functional groups attached to an aromatic ring is 1. The summed E-state index contributed by atoms with van der Waals surface area (Å²) >= 11 is 3.32. The lowest BCUT2D eigenvalue weighted by molar-refractivity contribution is 0.141. The number of ether oxygens (including phenoxy) is 1. The van der Waals surface area contributed by atoms with Gasteiger partial charge in [-0.05, 0) is 22.4 Å². The fourth-order valence-electron chi connectivity index (χ4n) is 1.10. The summed E-state index contributed by atoms with van der Waals surface area (Å²) in [5.74, 6) is 1.14. The summed E-state index contributed by atoms with van der Waals surface area (Å²) in [5.41, 5.74) is 5.62. The smallest absolute Gasteiger partial charge is 0.146 e. The number of aromatic nitrogens is 2. The van der Waals surface area contributed by atoms with E-state index in [0.29, 0.717) is 29.3 Å². The quantitative estimate of drug-likeness (QED) is 0.752. The molecule has 3 N–H and O–H groups in total. The van der Waals surface area contributed by atoms with Crippen LogP contribution in [0.4, 0.5) is 11.6 Å². The summed E-state index contributed by atoms with van der Waals surface area (Å²) in [6.07, 6.45) is 3.69. The number of nitrogens with two attached hydrogens (primary N) is 1. The van der Waals surface area contributed by atoms with E-state index < -0.39 is 0 Å². The van der Waals surface area contributed by atoms with Gasteiger partial charge in [0.25, 0.3) is 0 Å². The number of hydrogen-bond donors (Lipinski definition) is 2. The highest BCUT2D eigenvalue weighted by Crippen LogP contribution is 2.23. The Bertz CT molecular complexity index is 322. The minimum Gasteiger partial charge on any atom is -0.383 e. The molecule has 0 aromatic carbocycles. The molecule has 0 saturated heterocycles. The Balaban J connectivity index is 2.24. The lowest BCUT2D eigenvalue weighted by Crippen LogP contribution is -2.12. The summed E-state index contributed by atoms with van der Waals surface area (Å²) in [5, 5.41) is 3.13. The highest BCUT2D eigenvalue weighted by atomic mass is 79.9. The maximum atomic E-state index is 5.62. The molecule has 1 aromatic heterocycles. The molecule has 5 nitrogen and oxygen atoms in total. The third-order valence-corrected chi connectivity index (χ3v) is 2.78. The highest BCUT2D eigenvalue weighted by Gasteiger charge is 2.04. The second-order valence-corrected chi connectivity index (χ2v) is 4.11. The number of hydrogen-bond acceptors (Lipinski definition) is 5. The van der Waals surface area contributed by atoms with Crippen molar-refractivity contribution in [1.29, 1.82) is 0 Å². The van der Waals surface area contributed by atoms with E-state index in [9.17, 15) is 0 Å². The number of nitrogens with one attached hydrogen (secondary N) is 1. The van der Waals surface area contributed by atoms with Crippen molar-refractivity contribution >= 4 is 27.6 Å². The van der Waals surface area contributed by atoms with Gasteiger partial charge in [0.15, 0.2) is 0 Å². The largest absolute Gasteiger partial charge is 0.383 e. The molecule has 0 aliphatic rings. The predicted molar refractivity (Wildman–Crippen MR) is 68.4 cm³/mol. The number of rotatable bonds is 7. The van der Waals surface area contributed by atoms with Crippen LogP contribution in [0.1, 0.15) is 19.8 Å².